The van der Waals surface area contributed by atoms with Crippen LogP contribution >= 0.6 is 0 Å². The maximum atomic E-state index is 6.23. The maximum Gasteiger partial charge on any atom is 4.00 e. The molecule has 0 fully saturated rings. The molecule has 0 saturated carbocycles. The second-order valence-electron chi connectivity index (χ2n) is 15.1. The van der Waals surface area contributed by atoms with Crippen molar-refractivity contribution in [2.45, 2.75) is 104 Å². The first-order chi connectivity index (χ1) is 24.4. The third-order valence-corrected chi connectivity index (χ3v) is 11.6. The summed E-state index contributed by atoms with van der Waals surface area (Å²) in [5.74, 6) is 2.26. The van der Waals surface area contributed by atoms with E-state index in [1.165, 1.54) is 68.7 Å². The van der Waals surface area contributed by atoms with Gasteiger partial charge >= 0.3 is 26.2 Å². The van der Waals surface area contributed by atoms with Gasteiger partial charge in [0.05, 0.1) is 0 Å². The molecule has 0 amide bonds. The van der Waals surface area contributed by atoms with E-state index in [0.717, 1.165) is 21.0 Å². The molecule has 8 heteroatoms. The van der Waals surface area contributed by atoms with Crippen LogP contribution in [0.5, 0.6) is 11.5 Å². The van der Waals surface area contributed by atoms with Crippen LogP contribution in [-0.2, 0) is 37.0 Å². The molecule has 6 aromatic rings. The van der Waals surface area contributed by atoms with Gasteiger partial charge in [-0.1, -0.05) is 149 Å². The minimum absolute atomic E-state index is 0. The molecule has 0 aliphatic rings. The minimum Gasteiger partial charge on any atom is -1.00 e. The molecule has 284 valence electrons. The molecular weight excluding hydrogens is 831 g/mol. The molecule has 0 aromatic heterocycles. The fourth-order valence-electron chi connectivity index (χ4n) is 6.75. The van der Waals surface area contributed by atoms with Gasteiger partial charge in [-0.15, -0.1) is 70.1 Å². The number of benzene rings is 4. The Kier molecular flexibility index (Phi) is 21.9. The predicted octanol–water partition coefficient (Wildman–Crippen LogP) is 5.88. The molecule has 2 nitrogen and oxygen atoms in total. The fourth-order valence-corrected chi connectivity index (χ4v) is 9.06. The van der Waals surface area contributed by atoms with Gasteiger partial charge in [-0.25, -0.2) is 0 Å². The zero-order chi connectivity index (χ0) is 37.0. The monoisotopic (exact) mass is 886 g/mol. The number of fused-ring (bicyclic) bond motifs is 2. The Bertz CT molecular complexity index is 1780. The zero-order valence-corrected chi connectivity index (χ0v) is 40.9. The Morgan fingerprint density at radius 3 is 1.15 bits per heavy atom. The molecule has 6 aromatic carbocycles. The molecular formula is C46H58Cl2O2Si3Zr. The first kappa shape index (κ1) is 49.8. The molecule has 0 unspecified atom stereocenters. The van der Waals surface area contributed by atoms with Crippen LogP contribution < -0.4 is 44.0 Å². The van der Waals surface area contributed by atoms with Gasteiger partial charge < -0.3 is 33.7 Å². The van der Waals surface area contributed by atoms with Gasteiger partial charge in [-0.05, 0) is 61.4 Å². The van der Waals surface area contributed by atoms with Gasteiger partial charge in [0.15, 0.2) is 0 Å². The van der Waals surface area contributed by atoms with Crippen molar-refractivity contribution in [1.29, 1.82) is 0 Å². The molecule has 54 heavy (non-hydrogen) atoms. The molecule has 0 aliphatic heterocycles. The van der Waals surface area contributed by atoms with Crippen molar-refractivity contribution in [3.63, 3.8) is 0 Å². The molecule has 4 radical (unpaired) electrons. The van der Waals surface area contributed by atoms with Crippen molar-refractivity contribution in [2.75, 3.05) is 0 Å². The minimum atomic E-state index is -0.744. The fraction of sp³-hybridized carbons (Fsp3) is 0.348. The Morgan fingerprint density at radius 2 is 0.833 bits per heavy atom. The third kappa shape index (κ3) is 14.1. The standard InChI is InChI=1S/2C17H24OSi.C12H10Si.2ClH.Zr/c2*1-6-11-17(2,3)15-12-13-9-7-8-10-14(13)16(15)18-19(4)5;1-3-7-11(8-4-1)13-12-9-5-2-6-10-12;;;/h2*7-10,12H,6,11H2,1-5H3;1-10H;2*1H;/q2*-1;;;;+4/p-2. The average molecular weight is 889 g/mol. The van der Waals surface area contributed by atoms with Gasteiger partial charge in [0.25, 0.3) is 18.1 Å². The molecule has 0 saturated heterocycles. The Morgan fingerprint density at radius 1 is 0.519 bits per heavy atom. The molecule has 0 bridgehead atoms. The van der Waals surface area contributed by atoms with E-state index in [-0.39, 0.29) is 61.8 Å². The van der Waals surface area contributed by atoms with E-state index in [1.54, 1.807) is 0 Å². The number of rotatable bonds is 12. The topological polar surface area (TPSA) is 18.5 Å². The van der Waals surface area contributed by atoms with Crippen LogP contribution in [0.2, 0.25) is 26.2 Å². The summed E-state index contributed by atoms with van der Waals surface area (Å²) in [6.45, 7) is 22.6. The number of hydrogen-bond acceptors (Lipinski definition) is 2. The van der Waals surface area contributed by atoms with Crippen molar-refractivity contribution >= 4 is 59.5 Å². The van der Waals surface area contributed by atoms with Gasteiger partial charge in [0, 0.05) is 0 Å². The van der Waals surface area contributed by atoms with Crippen LogP contribution in [0, 0.1) is 0 Å². The summed E-state index contributed by atoms with van der Waals surface area (Å²) < 4.78 is 12.5. The molecule has 0 aliphatic carbocycles. The Balaban J connectivity index is 0.000000401. The summed E-state index contributed by atoms with van der Waals surface area (Å²) in [4.78, 5) is 0. The van der Waals surface area contributed by atoms with Crippen molar-refractivity contribution in [1.82, 2.24) is 0 Å². The van der Waals surface area contributed by atoms with Crippen molar-refractivity contribution in [3.05, 3.63) is 132 Å². The number of halogens is 2. The maximum absolute atomic E-state index is 6.23. The summed E-state index contributed by atoms with van der Waals surface area (Å²) in [6.07, 6.45) is 4.78. The van der Waals surface area contributed by atoms with Gasteiger partial charge in [-0.2, -0.15) is 0 Å². The van der Waals surface area contributed by atoms with E-state index in [0.29, 0.717) is 0 Å². The van der Waals surface area contributed by atoms with Crippen LogP contribution in [0.25, 0.3) is 21.5 Å². The van der Waals surface area contributed by atoms with Crippen LogP contribution in [-0.4, -0.2) is 27.6 Å². The van der Waals surface area contributed by atoms with Crippen molar-refractivity contribution in [3.8, 4) is 11.5 Å². The smallest absolute Gasteiger partial charge is 1.00 e. The largest absolute Gasteiger partial charge is 4.00 e. The Labute approximate surface area is 364 Å². The van der Waals surface area contributed by atoms with Gasteiger partial charge in [0.1, 0.15) is 9.52 Å². The van der Waals surface area contributed by atoms with Crippen molar-refractivity contribution < 1.29 is 59.9 Å². The summed E-state index contributed by atoms with van der Waals surface area (Å²) in [7, 11) is -0.711. The molecule has 0 atom stereocenters. The van der Waals surface area contributed by atoms with Crippen LogP contribution in [0.1, 0.15) is 78.4 Å². The zero-order valence-electron chi connectivity index (χ0n) is 33.9. The molecule has 0 heterocycles. The van der Waals surface area contributed by atoms with Crippen LogP contribution in [0.3, 0.4) is 0 Å². The van der Waals surface area contributed by atoms with Crippen molar-refractivity contribution in [2.24, 2.45) is 0 Å². The predicted molar refractivity (Wildman–Crippen MR) is 229 cm³/mol. The van der Waals surface area contributed by atoms with E-state index < -0.39 is 18.1 Å². The summed E-state index contributed by atoms with van der Waals surface area (Å²) in [5.41, 5.74) is 3.12. The molecule has 6 rings (SSSR count). The quantitative estimate of drug-likeness (QED) is 0.113. The van der Waals surface area contributed by atoms with Gasteiger partial charge in [-0.3, -0.25) is 0 Å². The summed E-state index contributed by atoms with van der Waals surface area (Å²) in [6, 6.07) is 42.9. The first-order valence-electron chi connectivity index (χ1n) is 18.6. The first-order valence-corrected chi connectivity index (χ1v) is 24.4. The molecule has 0 N–H and O–H groups in total. The normalized spacial score (nSPS) is 11.0. The van der Waals surface area contributed by atoms with Crippen LogP contribution in [0.4, 0.5) is 0 Å². The van der Waals surface area contributed by atoms with E-state index in [2.05, 4.69) is 189 Å². The van der Waals surface area contributed by atoms with E-state index in [4.69, 9.17) is 8.85 Å². The molecule has 0 spiro atoms. The van der Waals surface area contributed by atoms with E-state index in [1.807, 2.05) is 0 Å². The second-order valence-corrected chi connectivity index (χ2v) is 20.5. The Hall–Kier alpha value is -2.19. The second kappa shape index (κ2) is 23.8. The number of hydrogen-bond donors (Lipinski definition) is 0. The van der Waals surface area contributed by atoms with E-state index in [9.17, 15) is 0 Å². The van der Waals surface area contributed by atoms with E-state index >= 15 is 0 Å². The summed E-state index contributed by atoms with van der Waals surface area (Å²) >= 11 is 0. The van der Waals surface area contributed by atoms with Gasteiger partial charge in [0.2, 0.25) is 0 Å². The SMILES string of the molecule is CCCC(C)(C)c1[cH-]c2ccccc2c1O[Si](C)C.CCCC(C)(C)c1[cH-]c2ccccc2c1O[Si](C)C.[Cl-].[Cl-].[Zr+4].c1ccc([Si]c2ccccc2)cc1. The average Bonchev–Trinajstić information content (AvgIpc) is 3.65. The third-order valence-electron chi connectivity index (χ3n) is 9.16. The van der Waals surface area contributed by atoms with Crippen LogP contribution in [0.15, 0.2) is 121 Å². The summed E-state index contributed by atoms with van der Waals surface area (Å²) in [5, 5.41) is 7.95.